The maximum atomic E-state index is 8.78. The first-order chi connectivity index (χ1) is 16.6. The quantitative estimate of drug-likeness (QED) is 0.317. The SMILES string of the molecule is C[C-]=C1/C=C/c2n[nH]c3ccc(cc23)-c2cnn(C)c2OCCCOC1=N.OC1CCCOC1.[Na+]. The van der Waals surface area contributed by atoms with Crippen LogP contribution in [0, 0.1) is 11.5 Å². The summed E-state index contributed by atoms with van der Waals surface area (Å²) < 4.78 is 18.1. The Morgan fingerprint density at radius 3 is 2.71 bits per heavy atom. The van der Waals surface area contributed by atoms with E-state index >= 15 is 0 Å². The number of aryl methyl sites for hydroxylation is 1. The van der Waals surface area contributed by atoms with Gasteiger partial charge in [-0.1, -0.05) is 19.1 Å². The van der Waals surface area contributed by atoms with Crippen molar-refractivity contribution in [2.24, 2.45) is 7.05 Å². The molecule has 5 rings (SSSR count). The zero-order valence-corrected chi connectivity index (χ0v) is 22.5. The van der Waals surface area contributed by atoms with Gasteiger partial charge in [0.15, 0.2) is 0 Å². The van der Waals surface area contributed by atoms with Gasteiger partial charge in [-0.3, -0.25) is 5.10 Å². The van der Waals surface area contributed by atoms with E-state index in [1.165, 1.54) is 0 Å². The van der Waals surface area contributed by atoms with Crippen LogP contribution in [0.1, 0.15) is 31.9 Å². The number of nitrogens with zero attached hydrogens (tertiary/aromatic N) is 3. The van der Waals surface area contributed by atoms with Gasteiger partial charge in [0.05, 0.1) is 54.8 Å². The van der Waals surface area contributed by atoms with E-state index in [1.807, 2.05) is 31.5 Å². The Kier molecular flexibility index (Phi) is 10.1. The number of aromatic nitrogens is 4. The molecule has 1 fully saturated rings. The van der Waals surface area contributed by atoms with E-state index in [1.54, 1.807) is 17.7 Å². The molecular weight excluding hydrogens is 457 g/mol. The second-order valence-corrected chi connectivity index (χ2v) is 8.10. The van der Waals surface area contributed by atoms with Gasteiger partial charge >= 0.3 is 29.6 Å². The van der Waals surface area contributed by atoms with Crippen molar-refractivity contribution in [2.45, 2.75) is 32.3 Å². The third-order valence-corrected chi connectivity index (χ3v) is 5.62. The van der Waals surface area contributed by atoms with E-state index in [-0.39, 0.29) is 41.6 Å². The molecule has 4 heterocycles. The summed E-state index contributed by atoms with van der Waals surface area (Å²) in [5.41, 5.74) is 4.26. The van der Waals surface area contributed by atoms with E-state index in [0.29, 0.717) is 37.7 Å². The van der Waals surface area contributed by atoms with Gasteiger partial charge in [-0.05, 0) is 30.5 Å². The van der Waals surface area contributed by atoms with E-state index in [9.17, 15) is 0 Å². The number of H-pyrrole nitrogens is 1. The molecule has 0 spiro atoms. The zero-order chi connectivity index (χ0) is 23.9. The predicted molar refractivity (Wildman–Crippen MR) is 130 cm³/mol. The number of allylic oxidation sites excluding steroid dienone is 1. The van der Waals surface area contributed by atoms with E-state index in [4.69, 9.17) is 24.7 Å². The Morgan fingerprint density at radius 2 is 2.00 bits per heavy atom. The average Bonchev–Trinajstić information content (AvgIpc) is 3.42. The molecule has 0 aliphatic carbocycles. The van der Waals surface area contributed by atoms with Crippen LogP contribution in [0.25, 0.3) is 28.1 Å². The van der Waals surface area contributed by atoms with E-state index in [0.717, 1.165) is 47.2 Å². The molecule has 3 aromatic rings. The fourth-order valence-electron chi connectivity index (χ4n) is 3.76. The molecule has 1 aromatic carbocycles. The Balaban J connectivity index is 0.000000370. The Bertz CT molecular complexity index is 1190. The number of rotatable bonds is 0. The molecule has 1 atom stereocenters. The maximum absolute atomic E-state index is 8.78. The summed E-state index contributed by atoms with van der Waals surface area (Å²) in [6, 6.07) is 6.10. The van der Waals surface area contributed by atoms with Crippen molar-refractivity contribution in [1.82, 2.24) is 20.0 Å². The molecule has 0 saturated carbocycles. The molecule has 9 nitrogen and oxygen atoms in total. The van der Waals surface area contributed by atoms with Crippen LogP contribution in [-0.2, 0) is 16.5 Å². The average molecular weight is 488 g/mol. The molecule has 0 radical (unpaired) electrons. The van der Waals surface area contributed by atoms with Crippen LogP contribution in [0.5, 0.6) is 5.88 Å². The Hall–Kier alpha value is -2.43. The third kappa shape index (κ3) is 6.83. The van der Waals surface area contributed by atoms with Crippen molar-refractivity contribution < 1.29 is 48.9 Å². The summed E-state index contributed by atoms with van der Waals surface area (Å²) in [6.45, 7) is 4.01. The Labute approximate surface area is 226 Å². The number of ether oxygens (including phenoxy) is 3. The van der Waals surface area contributed by atoms with Crippen LogP contribution >= 0.6 is 0 Å². The molecule has 1 unspecified atom stereocenters. The summed E-state index contributed by atoms with van der Waals surface area (Å²) in [5, 5.41) is 29.6. The summed E-state index contributed by atoms with van der Waals surface area (Å²) in [4.78, 5) is 0. The maximum Gasteiger partial charge on any atom is 1.00 e. The molecule has 0 amide bonds. The van der Waals surface area contributed by atoms with Crippen molar-refractivity contribution in [2.75, 3.05) is 26.4 Å². The minimum Gasteiger partial charge on any atom is -0.534 e. The summed E-state index contributed by atoms with van der Waals surface area (Å²) in [6.07, 6.45) is 10.9. The zero-order valence-electron chi connectivity index (χ0n) is 20.5. The van der Waals surface area contributed by atoms with Gasteiger partial charge in [-0.2, -0.15) is 22.3 Å². The fraction of sp³-hybridized carbons (Fsp3) is 0.400. The summed E-state index contributed by atoms with van der Waals surface area (Å²) >= 11 is 0. The summed E-state index contributed by atoms with van der Waals surface area (Å²) in [5.74, 6) is 0.799. The molecule has 3 N–H and O–H groups in total. The second-order valence-electron chi connectivity index (χ2n) is 8.10. The van der Waals surface area contributed by atoms with Crippen molar-refractivity contribution in [3.05, 3.63) is 47.8 Å². The number of aromatic amines is 1. The van der Waals surface area contributed by atoms with Gasteiger partial charge in [0.25, 0.3) is 0 Å². The third-order valence-electron chi connectivity index (χ3n) is 5.62. The first kappa shape index (κ1) is 27.2. The molecule has 2 aromatic heterocycles. The van der Waals surface area contributed by atoms with Crippen LogP contribution in [0.2, 0.25) is 0 Å². The number of aliphatic hydroxyl groups is 1. The molecule has 2 aliphatic rings. The van der Waals surface area contributed by atoms with Gasteiger partial charge in [-0.15, -0.1) is 5.57 Å². The van der Waals surface area contributed by atoms with Crippen molar-refractivity contribution in [3.63, 3.8) is 0 Å². The minimum absolute atomic E-state index is 0. The molecular formula is C25H30N5NaO4. The number of benzene rings is 1. The first-order valence-corrected chi connectivity index (χ1v) is 11.4. The van der Waals surface area contributed by atoms with Crippen molar-refractivity contribution >= 4 is 22.9 Å². The van der Waals surface area contributed by atoms with Crippen LogP contribution in [-0.4, -0.2) is 63.5 Å². The van der Waals surface area contributed by atoms with E-state index in [2.05, 4.69) is 27.4 Å². The smallest absolute Gasteiger partial charge is 0.534 e. The van der Waals surface area contributed by atoms with Gasteiger partial charge < -0.3 is 24.7 Å². The minimum atomic E-state index is -0.186. The molecule has 10 heteroatoms. The molecule has 35 heavy (non-hydrogen) atoms. The van der Waals surface area contributed by atoms with Crippen LogP contribution in [0.3, 0.4) is 0 Å². The number of aliphatic hydroxyl groups excluding tert-OH is 1. The van der Waals surface area contributed by atoms with Gasteiger partial charge in [0, 0.05) is 25.5 Å². The monoisotopic (exact) mass is 487 g/mol. The van der Waals surface area contributed by atoms with Crippen LogP contribution in [0.4, 0.5) is 0 Å². The normalized spacial score (nSPS) is 20.4. The standard InChI is InChI=1S/C20H20N5O2.C5H10O2.Na/c1-3-13-5-7-17-15-11-14(6-8-18(15)24-23-17)16-12-22-25(2)20(16)27-10-4-9-26-19(13)21;6-5-2-1-3-7-4-5;/h5-8,11-12,21H,4,9-10H2,1-2H3,(H,23,24);5-6H,1-4H2;/q-1;;+1/b7-5+,21-19?;;. The predicted octanol–water partition coefficient (Wildman–Crippen LogP) is 0.664. The molecule has 2 bridgehead atoms. The van der Waals surface area contributed by atoms with Crippen LogP contribution < -0.4 is 34.3 Å². The number of hydrogen-bond donors (Lipinski definition) is 3. The first-order valence-electron chi connectivity index (χ1n) is 11.4. The van der Waals surface area contributed by atoms with Crippen LogP contribution in [0.15, 0.2) is 36.0 Å². The van der Waals surface area contributed by atoms with Gasteiger partial charge in [0.1, 0.15) is 0 Å². The Morgan fingerprint density at radius 1 is 1.17 bits per heavy atom. The molecule has 180 valence electrons. The van der Waals surface area contributed by atoms with Crippen molar-refractivity contribution in [3.8, 4) is 17.0 Å². The number of hydrogen-bond acceptors (Lipinski definition) is 7. The molecule has 2 aliphatic heterocycles. The number of nitrogens with one attached hydrogen (secondary N) is 2. The second kappa shape index (κ2) is 13.0. The summed E-state index contributed by atoms with van der Waals surface area (Å²) in [7, 11) is 1.86. The van der Waals surface area contributed by atoms with Gasteiger partial charge in [-0.25, -0.2) is 4.68 Å². The number of fused-ring (bicyclic) bond motifs is 3. The molecule has 1 saturated heterocycles. The largest absolute Gasteiger partial charge is 1.00 e. The fourth-order valence-corrected chi connectivity index (χ4v) is 3.76. The van der Waals surface area contributed by atoms with Crippen molar-refractivity contribution in [1.29, 1.82) is 5.41 Å². The van der Waals surface area contributed by atoms with E-state index < -0.39 is 0 Å². The topological polar surface area (TPSA) is 118 Å². The van der Waals surface area contributed by atoms with Gasteiger partial charge in [0.2, 0.25) is 5.88 Å².